The number of ether oxygens (including phenoxy) is 1. The summed E-state index contributed by atoms with van der Waals surface area (Å²) in [5.41, 5.74) is 1.29. The van der Waals surface area contributed by atoms with E-state index in [2.05, 4.69) is 17.4 Å². The smallest absolute Gasteiger partial charge is 0.269 e. The topological polar surface area (TPSA) is 64.4 Å². The lowest BCUT2D eigenvalue weighted by molar-refractivity contribution is -0.384. The van der Waals surface area contributed by atoms with E-state index in [1.54, 1.807) is 12.1 Å². The Labute approximate surface area is 129 Å². The van der Waals surface area contributed by atoms with Crippen LogP contribution in [0.15, 0.2) is 54.6 Å². The third-order valence-corrected chi connectivity index (χ3v) is 2.77. The molecule has 1 N–H and O–H groups in total. The van der Waals surface area contributed by atoms with Crippen molar-refractivity contribution in [1.82, 2.24) is 5.32 Å². The number of hydrogen-bond donors (Lipinski definition) is 1. The van der Waals surface area contributed by atoms with Gasteiger partial charge in [0.1, 0.15) is 12.4 Å². The van der Waals surface area contributed by atoms with Gasteiger partial charge in [-0.3, -0.25) is 10.1 Å². The summed E-state index contributed by atoms with van der Waals surface area (Å²) in [5.74, 6) is 0.636. The van der Waals surface area contributed by atoms with Crippen LogP contribution < -0.4 is 10.1 Å². The van der Waals surface area contributed by atoms with Gasteiger partial charge in [-0.25, -0.2) is 0 Å². The number of rotatable bonds is 7. The summed E-state index contributed by atoms with van der Waals surface area (Å²) in [6, 6.07) is 16.2. The highest BCUT2D eigenvalue weighted by Gasteiger charge is 2.03. The van der Waals surface area contributed by atoms with Crippen molar-refractivity contribution in [3.8, 4) is 5.75 Å². The second-order valence-corrected chi connectivity index (χ2v) is 4.26. The Morgan fingerprint density at radius 2 is 1.71 bits per heavy atom. The molecule has 112 valence electrons. The summed E-state index contributed by atoms with van der Waals surface area (Å²) >= 11 is 0. The highest BCUT2D eigenvalue weighted by Crippen LogP contribution is 2.16. The van der Waals surface area contributed by atoms with E-state index >= 15 is 0 Å². The molecule has 6 heteroatoms. The second-order valence-electron chi connectivity index (χ2n) is 4.26. The van der Waals surface area contributed by atoms with E-state index in [0.29, 0.717) is 18.9 Å². The molecule has 0 saturated carbocycles. The van der Waals surface area contributed by atoms with Gasteiger partial charge in [0.15, 0.2) is 0 Å². The minimum atomic E-state index is -0.425. The van der Waals surface area contributed by atoms with Crippen molar-refractivity contribution in [2.45, 2.75) is 6.54 Å². The lowest BCUT2D eigenvalue weighted by Gasteiger charge is -2.07. The lowest BCUT2D eigenvalue weighted by Crippen LogP contribution is -2.20. The number of nitro groups is 1. The summed E-state index contributed by atoms with van der Waals surface area (Å²) in [6.07, 6.45) is 0. The van der Waals surface area contributed by atoms with Crippen LogP contribution in [0.25, 0.3) is 0 Å². The zero-order valence-electron chi connectivity index (χ0n) is 11.4. The van der Waals surface area contributed by atoms with Crippen molar-refractivity contribution in [2.75, 3.05) is 13.2 Å². The molecule has 0 radical (unpaired) electrons. The summed E-state index contributed by atoms with van der Waals surface area (Å²) in [6.45, 7) is 2.03. The number of nitrogens with one attached hydrogen (secondary N) is 1. The fraction of sp³-hybridized carbons (Fsp3) is 0.200. The molecule has 0 amide bonds. The molecule has 0 bridgehead atoms. The molecule has 0 aliphatic rings. The van der Waals surface area contributed by atoms with Gasteiger partial charge in [-0.05, 0) is 17.7 Å². The Kier molecular flexibility index (Phi) is 7.21. The number of nitrogens with zero attached hydrogens (tertiary/aromatic N) is 1. The SMILES string of the molecule is Cl.O=[N+]([O-])c1ccc(OCCNCc2ccccc2)cc1. The average molecular weight is 309 g/mol. The summed E-state index contributed by atoms with van der Waals surface area (Å²) in [4.78, 5) is 10.1. The van der Waals surface area contributed by atoms with E-state index in [1.165, 1.54) is 17.7 Å². The van der Waals surface area contributed by atoms with Crippen LogP contribution in [0.5, 0.6) is 5.75 Å². The predicted octanol–water partition coefficient (Wildman–Crippen LogP) is 3.19. The number of halogens is 1. The Hall–Kier alpha value is -2.11. The van der Waals surface area contributed by atoms with Crippen molar-refractivity contribution in [3.63, 3.8) is 0 Å². The fourth-order valence-electron chi connectivity index (χ4n) is 1.73. The molecular formula is C15H17ClN2O3. The molecule has 5 nitrogen and oxygen atoms in total. The minimum Gasteiger partial charge on any atom is -0.492 e. The molecule has 0 aromatic heterocycles. The van der Waals surface area contributed by atoms with Gasteiger partial charge in [-0.15, -0.1) is 12.4 Å². The molecular weight excluding hydrogens is 292 g/mol. The van der Waals surface area contributed by atoms with E-state index in [-0.39, 0.29) is 18.1 Å². The third kappa shape index (κ3) is 5.81. The van der Waals surface area contributed by atoms with E-state index in [1.807, 2.05) is 18.2 Å². The number of non-ortho nitro benzene ring substituents is 1. The molecule has 0 heterocycles. The zero-order valence-corrected chi connectivity index (χ0v) is 12.2. The number of nitro benzene ring substituents is 1. The average Bonchev–Trinajstić information content (AvgIpc) is 2.48. The number of benzene rings is 2. The molecule has 0 aliphatic heterocycles. The van der Waals surface area contributed by atoms with Crippen molar-refractivity contribution in [2.24, 2.45) is 0 Å². The van der Waals surface area contributed by atoms with Crippen LogP contribution in [0.1, 0.15) is 5.56 Å². The standard InChI is InChI=1S/C15H16N2O3.ClH/c18-17(19)14-6-8-15(9-7-14)20-11-10-16-12-13-4-2-1-3-5-13;/h1-9,16H,10-12H2;1H. The molecule has 0 unspecified atom stereocenters. The largest absolute Gasteiger partial charge is 0.492 e. The van der Waals surface area contributed by atoms with Crippen molar-refractivity contribution < 1.29 is 9.66 Å². The van der Waals surface area contributed by atoms with Crippen molar-refractivity contribution in [3.05, 3.63) is 70.3 Å². The van der Waals surface area contributed by atoms with Gasteiger partial charge in [0.2, 0.25) is 0 Å². The molecule has 2 aromatic rings. The van der Waals surface area contributed by atoms with Crippen LogP contribution in [-0.2, 0) is 6.54 Å². The van der Waals surface area contributed by atoms with Crippen LogP contribution in [-0.4, -0.2) is 18.1 Å². The van der Waals surface area contributed by atoms with Gasteiger partial charge in [0.05, 0.1) is 4.92 Å². The minimum absolute atomic E-state index is 0. The van der Waals surface area contributed by atoms with E-state index in [9.17, 15) is 10.1 Å². The van der Waals surface area contributed by atoms with Crippen molar-refractivity contribution in [1.29, 1.82) is 0 Å². The van der Waals surface area contributed by atoms with Gasteiger partial charge in [-0.2, -0.15) is 0 Å². The van der Waals surface area contributed by atoms with Crippen LogP contribution >= 0.6 is 12.4 Å². The first-order chi connectivity index (χ1) is 9.75. The molecule has 2 aromatic carbocycles. The molecule has 0 fully saturated rings. The zero-order chi connectivity index (χ0) is 14.2. The lowest BCUT2D eigenvalue weighted by atomic mass is 10.2. The Bertz CT molecular complexity index is 547. The monoisotopic (exact) mass is 308 g/mol. The maximum Gasteiger partial charge on any atom is 0.269 e. The molecule has 0 saturated heterocycles. The molecule has 0 spiro atoms. The van der Waals surface area contributed by atoms with Crippen LogP contribution in [0.2, 0.25) is 0 Å². The van der Waals surface area contributed by atoms with Gasteiger partial charge in [0, 0.05) is 25.2 Å². The first kappa shape index (κ1) is 16.9. The van der Waals surface area contributed by atoms with Crippen LogP contribution in [0, 0.1) is 10.1 Å². The maximum atomic E-state index is 10.5. The highest BCUT2D eigenvalue weighted by molar-refractivity contribution is 5.85. The summed E-state index contributed by atoms with van der Waals surface area (Å²) in [7, 11) is 0. The first-order valence-electron chi connectivity index (χ1n) is 6.37. The van der Waals surface area contributed by atoms with Crippen LogP contribution in [0.4, 0.5) is 5.69 Å². The molecule has 0 atom stereocenters. The Balaban J connectivity index is 0.00000220. The fourth-order valence-corrected chi connectivity index (χ4v) is 1.73. The molecule has 0 aliphatic carbocycles. The van der Waals surface area contributed by atoms with Gasteiger partial charge < -0.3 is 10.1 Å². The summed E-state index contributed by atoms with van der Waals surface area (Å²) < 4.78 is 5.49. The van der Waals surface area contributed by atoms with Gasteiger partial charge in [0.25, 0.3) is 5.69 Å². The second kappa shape index (κ2) is 8.94. The predicted molar refractivity (Wildman–Crippen MR) is 84.0 cm³/mol. The normalized spacial score (nSPS) is 9.71. The van der Waals surface area contributed by atoms with E-state index < -0.39 is 4.92 Å². The highest BCUT2D eigenvalue weighted by atomic mass is 35.5. The van der Waals surface area contributed by atoms with E-state index in [4.69, 9.17) is 4.74 Å². The van der Waals surface area contributed by atoms with Crippen LogP contribution in [0.3, 0.4) is 0 Å². The Morgan fingerprint density at radius 3 is 2.33 bits per heavy atom. The molecule has 2 rings (SSSR count). The molecule has 21 heavy (non-hydrogen) atoms. The maximum absolute atomic E-state index is 10.5. The van der Waals surface area contributed by atoms with E-state index in [0.717, 1.165) is 6.54 Å². The number of hydrogen-bond acceptors (Lipinski definition) is 4. The summed E-state index contributed by atoms with van der Waals surface area (Å²) in [5, 5.41) is 13.8. The van der Waals surface area contributed by atoms with Gasteiger partial charge in [-0.1, -0.05) is 30.3 Å². The van der Waals surface area contributed by atoms with Crippen molar-refractivity contribution >= 4 is 18.1 Å². The Morgan fingerprint density at radius 1 is 1.05 bits per heavy atom. The van der Waals surface area contributed by atoms with Gasteiger partial charge >= 0.3 is 0 Å². The first-order valence-corrected chi connectivity index (χ1v) is 6.37. The quantitative estimate of drug-likeness (QED) is 0.485. The third-order valence-electron chi connectivity index (χ3n) is 2.77.